The van der Waals surface area contributed by atoms with Crippen molar-refractivity contribution in [3.63, 3.8) is 0 Å². The van der Waals surface area contributed by atoms with Crippen LogP contribution in [-0.2, 0) is 6.42 Å². The smallest absolute Gasteiger partial charge is 0.305 e. The highest BCUT2D eigenvalue weighted by Crippen LogP contribution is 2.29. The number of fused-ring (bicyclic) bond motifs is 3. The predicted molar refractivity (Wildman–Crippen MR) is 72.5 cm³/mol. The van der Waals surface area contributed by atoms with Crippen LogP contribution in [0.4, 0.5) is 0 Å². The van der Waals surface area contributed by atoms with Crippen LogP contribution in [0.15, 0.2) is 15.7 Å². The molecule has 3 aromatic rings. The molecule has 3 heterocycles. The summed E-state index contributed by atoms with van der Waals surface area (Å²) in [5, 5.41) is 0.841. The Bertz CT molecular complexity index is 873. The molecule has 92 valence electrons. The zero-order valence-corrected chi connectivity index (χ0v) is 10.8. The highest BCUT2D eigenvalue weighted by atomic mass is 32.1. The minimum absolute atomic E-state index is 0.354. The number of aryl methyl sites for hydroxylation is 2. The molecule has 2 N–H and O–H groups in total. The molecule has 0 aromatic carbocycles. The summed E-state index contributed by atoms with van der Waals surface area (Å²) in [7, 11) is 0. The monoisotopic (exact) mass is 261 g/mol. The van der Waals surface area contributed by atoms with Crippen molar-refractivity contribution >= 4 is 31.8 Å². The summed E-state index contributed by atoms with van der Waals surface area (Å²) < 4.78 is 0.518. The third-order valence-electron chi connectivity index (χ3n) is 2.98. The molecule has 0 saturated heterocycles. The maximum absolute atomic E-state index is 11.7. The van der Waals surface area contributed by atoms with Crippen molar-refractivity contribution < 1.29 is 0 Å². The van der Waals surface area contributed by atoms with Crippen LogP contribution in [0.2, 0.25) is 0 Å². The van der Waals surface area contributed by atoms with Crippen molar-refractivity contribution in [3.05, 3.63) is 38.2 Å². The van der Waals surface area contributed by atoms with Gasteiger partial charge in [-0.2, -0.15) is 0 Å². The van der Waals surface area contributed by atoms with Crippen molar-refractivity contribution in [2.45, 2.75) is 20.3 Å². The summed E-state index contributed by atoms with van der Waals surface area (Å²) in [4.78, 5) is 33.3. The number of rotatable bonds is 1. The molecular formula is C12H11N3O2S. The second kappa shape index (κ2) is 3.78. The molecule has 0 aliphatic heterocycles. The number of aromatic amines is 2. The van der Waals surface area contributed by atoms with Crippen LogP contribution in [0, 0.1) is 6.92 Å². The largest absolute Gasteiger partial charge is 0.326 e. The molecule has 3 aromatic heterocycles. The number of nitrogens with one attached hydrogen (secondary N) is 2. The van der Waals surface area contributed by atoms with Crippen molar-refractivity contribution in [2.24, 2.45) is 0 Å². The molecule has 0 amide bonds. The number of H-pyrrole nitrogens is 2. The Hall–Kier alpha value is -1.95. The van der Waals surface area contributed by atoms with Crippen LogP contribution in [0.25, 0.3) is 20.4 Å². The molecule has 0 fully saturated rings. The minimum atomic E-state index is -0.482. The SMILES string of the molecule is CCc1nc2sc3c(=O)[nH]c(=O)[nH]c3c2cc1C. The lowest BCUT2D eigenvalue weighted by molar-refractivity contribution is 1.03. The van der Waals surface area contributed by atoms with Gasteiger partial charge in [-0.1, -0.05) is 6.92 Å². The van der Waals surface area contributed by atoms with Crippen LogP contribution in [0.3, 0.4) is 0 Å². The first kappa shape index (κ1) is 11.2. The van der Waals surface area contributed by atoms with Gasteiger partial charge >= 0.3 is 5.69 Å². The molecule has 5 nitrogen and oxygen atoms in total. The number of hydrogen-bond donors (Lipinski definition) is 2. The predicted octanol–water partition coefficient (Wildman–Crippen LogP) is 1.70. The first-order chi connectivity index (χ1) is 8.60. The molecule has 3 rings (SSSR count). The third-order valence-corrected chi connectivity index (χ3v) is 4.08. The Morgan fingerprint density at radius 1 is 1.33 bits per heavy atom. The van der Waals surface area contributed by atoms with Crippen molar-refractivity contribution in [1.29, 1.82) is 0 Å². The Morgan fingerprint density at radius 3 is 2.83 bits per heavy atom. The molecule has 0 aliphatic carbocycles. The van der Waals surface area contributed by atoms with E-state index in [9.17, 15) is 9.59 Å². The second-order valence-corrected chi connectivity index (χ2v) is 5.17. The molecule has 18 heavy (non-hydrogen) atoms. The van der Waals surface area contributed by atoms with Gasteiger partial charge in [-0.25, -0.2) is 9.78 Å². The van der Waals surface area contributed by atoms with E-state index < -0.39 is 5.69 Å². The maximum atomic E-state index is 11.7. The molecule has 0 bridgehead atoms. The van der Waals surface area contributed by atoms with Crippen LogP contribution < -0.4 is 11.2 Å². The van der Waals surface area contributed by atoms with Gasteiger partial charge in [0, 0.05) is 11.1 Å². The van der Waals surface area contributed by atoms with E-state index in [1.165, 1.54) is 11.3 Å². The fraction of sp³-hybridized carbons (Fsp3) is 0.250. The lowest BCUT2D eigenvalue weighted by Crippen LogP contribution is -2.20. The first-order valence-corrected chi connectivity index (χ1v) is 6.47. The van der Waals surface area contributed by atoms with E-state index >= 15 is 0 Å². The molecule has 0 spiro atoms. The summed E-state index contributed by atoms with van der Waals surface area (Å²) in [5.41, 5.74) is 1.84. The van der Waals surface area contributed by atoms with Gasteiger partial charge in [0.15, 0.2) is 0 Å². The number of nitrogens with zero attached hydrogens (tertiary/aromatic N) is 1. The van der Waals surface area contributed by atoms with Crippen molar-refractivity contribution in [1.82, 2.24) is 15.0 Å². The van der Waals surface area contributed by atoms with Crippen LogP contribution in [0.5, 0.6) is 0 Å². The summed E-state index contributed by atoms with van der Waals surface area (Å²) in [6.45, 7) is 4.03. The Balaban J connectivity index is 2.56. The lowest BCUT2D eigenvalue weighted by Gasteiger charge is -2.01. The maximum Gasteiger partial charge on any atom is 0.326 e. The second-order valence-electron chi connectivity index (χ2n) is 4.17. The van der Waals surface area contributed by atoms with E-state index in [2.05, 4.69) is 15.0 Å². The highest BCUT2D eigenvalue weighted by Gasteiger charge is 2.12. The van der Waals surface area contributed by atoms with Gasteiger partial charge in [-0.15, -0.1) is 11.3 Å². The molecular weight excluding hydrogens is 250 g/mol. The normalized spacial score (nSPS) is 11.4. The van der Waals surface area contributed by atoms with Gasteiger partial charge in [0.05, 0.1) is 5.52 Å². The molecule has 0 radical (unpaired) electrons. The fourth-order valence-corrected chi connectivity index (χ4v) is 3.13. The highest BCUT2D eigenvalue weighted by molar-refractivity contribution is 7.25. The number of pyridine rings is 1. The zero-order chi connectivity index (χ0) is 12.9. The van der Waals surface area contributed by atoms with E-state index in [-0.39, 0.29) is 5.56 Å². The van der Waals surface area contributed by atoms with Gasteiger partial charge in [-0.3, -0.25) is 9.78 Å². The zero-order valence-electron chi connectivity index (χ0n) is 9.96. The Morgan fingerprint density at radius 2 is 2.11 bits per heavy atom. The van der Waals surface area contributed by atoms with Crippen molar-refractivity contribution in [2.75, 3.05) is 0 Å². The van der Waals surface area contributed by atoms with Crippen LogP contribution >= 0.6 is 11.3 Å². The summed E-state index contributed by atoms with van der Waals surface area (Å²) in [6, 6.07) is 1.98. The first-order valence-electron chi connectivity index (χ1n) is 5.65. The topological polar surface area (TPSA) is 78.6 Å². The van der Waals surface area contributed by atoms with Gasteiger partial charge in [0.2, 0.25) is 0 Å². The van der Waals surface area contributed by atoms with Gasteiger partial charge in [-0.05, 0) is 25.0 Å². The number of hydrogen-bond acceptors (Lipinski definition) is 4. The molecule has 6 heteroatoms. The lowest BCUT2D eigenvalue weighted by atomic mass is 10.1. The van der Waals surface area contributed by atoms with Gasteiger partial charge < -0.3 is 4.98 Å². The van der Waals surface area contributed by atoms with Crippen LogP contribution in [-0.4, -0.2) is 15.0 Å². The molecule has 0 aliphatic rings. The molecule has 0 atom stereocenters. The third kappa shape index (κ3) is 1.49. The van der Waals surface area contributed by atoms with E-state index in [0.29, 0.717) is 10.2 Å². The average Bonchev–Trinajstić information content (AvgIpc) is 2.66. The molecule has 0 saturated carbocycles. The van der Waals surface area contributed by atoms with E-state index in [4.69, 9.17) is 0 Å². The molecule has 0 unspecified atom stereocenters. The summed E-state index contributed by atoms with van der Waals surface area (Å²) in [5.74, 6) is 0. The fourth-order valence-electron chi connectivity index (χ4n) is 2.11. The Kier molecular flexibility index (Phi) is 2.34. The standard InChI is InChI=1S/C12H11N3O2S/c1-3-7-5(2)4-6-8-9(18-11(6)13-7)10(16)15-12(17)14-8/h4H,3H2,1-2H3,(H2,14,15,16,17). The quantitative estimate of drug-likeness (QED) is 0.699. The van der Waals surface area contributed by atoms with E-state index in [1.807, 2.05) is 19.9 Å². The Labute approximate surface area is 106 Å². The van der Waals surface area contributed by atoms with E-state index in [0.717, 1.165) is 27.9 Å². The van der Waals surface area contributed by atoms with Crippen LogP contribution in [0.1, 0.15) is 18.2 Å². The van der Waals surface area contributed by atoms with Crippen molar-refractivity contribution in [3.8, 4) is 0 Å². The minimum Gasteiger partial charge on any atom is -0.305 e. The van der Waals surface area contributed by atoms with E-state index in [1.54, 1.807) is 0 Å². The number of aromatic nitrogens is 3. The average molecular weight is 261 g/mol. The number of thiophene rings is 1. The van der Waals surface area contributed by atoms with Gasteiger partial charge in [0.1, 0.15) is 9.53 Å². The van der Waals surface area contributed by atoms with Gasteiger partial charge in [0.25, 0.3) is 5.56 Å². The summed E-state index contributed by atoms with van der Waals surface area (Å²) >= 11 is 1.31. The summed E-state index contributed by atoms with van der Waals surface area (Å²) in [6.07, 6.45) is 0.850.